The fourth-order valence-electron chi connectivity index (χ4n) is 2.05. The summed E-state index contributed by atoms with van der Waals surface area (Å²) in [5, 5.41) is 0. The number of aryl methyl sites for hydroxylation is 1. The molecule has 106 valence electrons. The molecule has 0 radical (unpaired) electrons. The Morgan fingerprint density at radius 1 is 1.20 bits per heavy atom. The smallest absolute Gasteiger partial charge is 0.255 e. The molecule has 0 saturated carbocycles. The Kier molecular flexibility index (Phi) is 4.24. The molecule has 0 aliphatic heterocycles. The predicted octanol–water partition coefficient (Wildman–Crippen LogP) is 2.35. The van der Waals surface area contributed by atoms with Gasteiger partial charge in [0.15, 0.2) is 4.77 Å². The van der Waals surface area contributed by atoms with Crippen molar-refractivity contribution in [3.63, 3.8) is 0 Å². The third kappa shape index (κ3) is 2.91. The lowest BCUT2D eigenvalue weighted by molar-refractivity contribution is 0.399. The monoisotopic (exact) mass is 292 g/mol. The Labute approximate surface area is 121 Å². The highest BCUT2D eigenvalue weighted by molar-refractivity contribution is 7.71. The van der Waals surface area contributed by atoms with Crippen molar-refractivity contribution in [1.82, 2.24) is 9.97 Å². The highest BCUT2D eigenvalue weighted by atomic mass is 32.1. The number of hydrogen-bond donors (Lipinski definition) is 2. The highest BCUT2D eigenvalue weighted by Crippen LogP contribution is 2.26. The lowest BCUT2D eigenvalue weighted by atomic mass is 10.0. The van der Waals surface area contributed by atoms with E-state index in [2.05, 4.69) is 9.97 Å². The van der Waals surface area contributed by atoms with E-state index in [0.717, 1.165) is 17.0 Å². The van der Waals surface area contributed by atoms with Crippen LogP contribution in [0.5, 0.6) is 11.5 Å². The summed E-state index contributed by atoms with van der Waals surface area (Å²) < 4.78 is 10.9. The van der Waals surface area contributed by atoms with Crippen LogP contribution in [0.2, 0.25) is 0 Å². The molecule has 0 spiro atoms. The zero-order valence-electron chi connectivity index (χ0n) is 11.6. The van der Waals surface area contributed by atoms with Crippen LogP contribution < -0.4 is 15.0 Å². The van der Waals surface area contributed by atoms with Crippen molar-refractivity contribution >= 4 is 12.2 Å². The summed E-state index contributed by atoms with van der Waals surface area (Å²) in [6.07, 6.45) is 0.438. The SMILES string of the molecule is COc1ccc(OC)c(Cc2c(C)[nH]c(=S)[nH]c2=O)c1. The van der Waals surface area contributed by atoms with Crippen LogP contribution in [0.4, 0.5) is 0 Å². The maximum absolute atomic E-state index is 12.0. The number of rotatable bonds is 4. The van der Waals surface area contributed by atoms with Gasteiger partial charge in [-0.2, -0.15) is 0 Å². The van der Waals surface area contributed by atoms with Gasteiger partial charge < -0.3 is 14.5 Å². The van der Waals surface area contributed by atoms with E-state index in [9.17, 15) is 4.79 Å². The number of nitrogens with one attached hydrogen (secondary N) is 2. The number of methoxy groups -OCH3 is 2. The van der Waals surface area contributed by atoms with Gasteiger partial charge >= 0.3 is 0 Å². The van der Waals surface area contributed by atoms with Crippen molar-refractivity contribution in [1.29, 1.82) is 0 Å². The van der Waals surface area contributed by atoms with Gasteiger partial charge in [0.1, 0.15) is 11.5 Å². The van der Waals surface area contributed by atoms with Crippen LogP contribution in [-0.4, -0.2) is 24.2 Å². The number of benzene rings is 1. The van der Waals surface area contributed by atoms with Crippen LogP contribution in [0.15, 0.2) is 23.0 Å². The van der Waals surface area contributed by atoms with Crippen molar-refractivity contribution < 1.29 is 9.47 Å². The van der Waals surface area contributed by atoms with E-state index in [-0.39, 0.29) is 5.56 Å². The maximum atomic E-state index is 12.0. The van der Waals surface area contributed by atoms with Crippen molar-refractivity contribution in [2.45, 2.75) is 13.3 Å². The first-order chi connectivity index (χ1) is 9.55. The first-order valence-corrected chi connectivity index (χ1v) is 6.49. The number of hydrogen-bond acceptors (Lipinski definition) is 4. The molecule has 2 aromatic rings. The Balaban J connectivity index is 2.49. The zero-order valence-corrected chi connectivity index (χ0v) is 12.4. The summed E-state index contributed by atoms with van der Waals surface area (Å²) in [5.41, 5.74) is 2.08. The van der Waals surface area contributed by atoms with Crippen molar-refractivity contribution in [2.75, 3.05) is 14.2 Å². The van der Waals surface area contributed by atoms with Crippen LogP contribution in [0.3, 0.4) is 0 Å². The van der Waals surface area contributed by atoms with E-state index in [1.807, 2.05) is 25.1 Å². The Morgan fingerprint density at radius 3 is 2.55 bits per heavy atom. The van der Waals surface area contributed by atoms with Gasteiger partial charge in [-0.1, -0.05) is 0 Å². The number of aromatic amines is 2. The molecule has 2 N–H and O–H groups in total. The average molecular weight is 292 g/mol. The molecule has 5 nitrogen and oxygen atoms in total. The van der Waals surface area contributed by atoms with Crippen molar-refractivity contribution in [3.05, 3.63) is 50.1 Å². The Bertz CT molecular complexity index is 734. The van der Waals surface area contributed by atoms with Crippen LogP contribution in [0.25, 0.3) is 0 Å². The first kappa shape index (κ1) is 14.3. The molecule has 20 heavy (non-hydrogen) atoms. The first-order valence-electron chi connectivity index (χ1n) is 6.08. The predicted molar refractivity (Wildman–Crippen MR) is 79.3 cm³/mol. The molecule has 6 heteroatoms. The molecule has 0 fully saturated rings. The molecular weight excluding hydrogens is 276 g/mol. The molecule has 0 aliphatic rings. The number of ether oxygens (including phenoxy) is 2. The van der Waals surface area contributed by atoms with Crippen LogP contribution >= 0.6 is 12.2 Å². The molecule has 1 heterocycles. The average Bonchev–Trinajstić information content (AvgIpc) is 2.42. The van der Waals surface area contributed by atoms with Gasteiger partial charge in [0.2, 0.25) is 0 Å². The third-order valence-electron chi connectivity index (χ3n) is 3.11. The van der Waals surface area contributed by atoms with Crippen LogP contribution in [0.1, 0.15) is 16.8 Å². The largest absolute Gasteiger partial charge is 0.497 e. The van der Waals surface area contributed by atoms with Gasteiger partial charge in [-0.3, -0.25) is 9.78 Å². The van der Waals surface area contributed by atoms with Crippen LogP contribution in [0, 0.1) is 11.7 Å². The normalized spacial score (nSPS) is 10.3. The van der Waals surface area contributed by atoms with Gasteiger partial charge in [0, 0.05) is 23.2 Å². The Morgan fingerprint density at radius 2 is 1.95 bits per heavy atom. The second kappa shape index (κ2) is 5.92. The van der Waals surface area contributed by atoms with Gasteiger partial charge in [-0.05, 0) is 37.3 Å². The van der Waals surface area contributed by atoms with Crippen LogP contribution in [-0.2, 0) is 6.42 Å². The molecular formula is C14H16N2O3S. The standard InChI is InChI=1S/C14H16N2O3S/c1-8-11(13(17)16-14(20)15-8)7-9-6-10(18-2)4-5-12(9)19-3/h4-6H,7H2,1-3H3,(H2,15,16,17,20). The molecule has 0 amide bonds. The second-order valence-electron chi connectivity index (χ2n) is 4.37. The van der Waals surface area contributed by atoms with E-state index >= 15 is 0 Å². The third-order valence-corrected chi connectivity index (χ3v) is 3.31. The van der Waals surface area contributed by atoms with Gasteiger partial charge in [-0.15, -0.1) is 0 Å². The minimum Gasteiger partial charge on any atom is -0.497 e. The van der Waals surface area contributed by atoms with Gasteiger partial charge in [0.25, 0.3) is 5.56 Å². The molecule has 1 aromatic carbocycles. The lowest BCUT2D eigenvalue weighted by Crippen LogP contribution is -2.17. The summed E-state index contributed by atoms with van der Waals surface area (Å²) in [5.74, 6) is 1.44. The molecule has 1 aromatic heterocycles. The molecule has 0 atom stereocenters. The maximum Gasteiger partial charge on any atom is 0.255 e. The molecule has 0 aliphatic carbocycles. The topological polar surface area (TPSA) is 67.1 Å². The summed E-state index contributed by atoms with van der Waals surface area (Å²) in [4.78, 5) is 17.6. The minimum absolute atomic E-state index is 0.184. The van der Waals surface area contributed by atoms with Gasteiger partial charge in [0.05, 0.1) is 14.2 Å². The minimum atomic E-state index is -0.184. The van der Waals surface area contributed by atoms with E-state index in [1.54, 1.807) is 14.2 Å². The van der Waals surface area contributed by atoms with E-state index in [0.29, 0.717) is 22.5 Å². The van der Waals surface area contributed by atoms with E-state index < -0.39 is 0 Å². The number of H-pyrrole nitrogens is 2. The molecule has 0 bridgehead atoms. The van der Waals surface area contributed by atoms with Crippen molar-refractivity contribution in [2.24, 2.45) is 0 Å². The van der Waals surface area contributed by atoms with E-state index in [1.165, 1.54) is 0 Å². The zero-order chi connectivity index (χ0) is 14.7. The second-order valence-corrected chi connectivity index (χ2v) is 4.77. The quantitative estimate of drug-likeness (QED) is 0.849. The summed E-state index contributed by atoms with van der Waals surface area (Å²) in [6, 6.07) is 5.50. The highest BCUT2D eigenvalue weighted by Gasteiger charge is 2.11. The summed E-state index contributed by atoms with van der Waals surface area (Å²) in [7, 11) is 3.20. The van der Waals surface area contributed by atoms with Crippen molar-refractivity contribution in [3.8, 4) is 11.5 Å². The number of aromatic nitrogens is 2. The fourth-order valence-corrected chi connectivity index (χ4v) is 2.30. The molecule has 2 rings (SSSR count). The summed E-state index contributed by atoms with van der Waals surface area (Å²) >= 11 is 4.94. The molecule has 0 saturated heterocycles. The van der Waals surface area contributed by atoms with E-state index in [4.69, 9.17) is 21.7 Å². The van der Waals surface area contributed by atoms with Gasteiger partial charge in [-0.25, -0.2) is 0 Å². The lowest BCUT2D eigenvalue weighted by Gasteiger charge is -2.11. The Hall–Kier alpha value is -2.08. The summed E-state index contributed by atoms with van der Waals surface area (Å²) in [6.45, 7) is 1.83. The molecule has 0 unspecified atom stereocenters. The fraction of sp³-hybridized carbons (Fsp3) is 0.286.